The van der Waals surface area contributed by atoms with E-state index in [9.17, 15) is 48.8 Å². The Morgan fingerprint density at radius 1 is 0.700 bits per heavy atom. The molecule has 0 radical (unpaired) electrons. The maximum atomic E-state index is 12.2. The van der Waals surface area contributed by atoms with Gasteiger partial charge in [0.2, 0.25) is 0 Å². The number of hydrogen-bond acceptors (Lipinski definition) is 22. The molecule has 0 saturated carbocycles. The molecule has 6 aromatic rings. The number of anilines is 4. The van der Waals surface area contributed by atoms with E-state index in [0.717, 1.165) is 30.3 Å². The zero-order valence-corrected chi connectivity index (χ0v) is 39.9. The smallest absolute Gasteiger partial charge is 0.296 e. The number of phenols is 1. The van der Waals surface area contributed by atoms with E-state index in [2.05, 4.69) is 45.4 Å². The number of aryl methyl sites for hydroxylation is 3. The van der Waals surface area contributed by atoms with Gasteiger partial charge in [0.15, 0.2) is 18.1 Å². The lowest BCUT2D eigenvalue weighted by Crippen LogP contribution is -2.11. The fourth-order valence-electron chi connectivity index (χ4n) is 6.16. The highest BCUT2D eigenvalue weighted by atomic mass is 32.2. The van der Waals surface area contributed by atoms with Gasteiger partial charge in [-0.25, -0.2) is 5.26 Å². The van der Waals surface area contributed by atoms with Crippen molar-refractivity contribution in [2.24, 2.45) is 30.7 Å². The predicted octanol–water partition coefficient (Wildman–Crippen LogP) is 9.07. The van der Waals surface area contributed by atoms with Crippen LogP contribution in [0.2, 0.25) is 0 Å². The molecule has 12 N–H and O–H groups in total. The number of nitrogens with one attached hydrogen (secondary N) is 1. The lowest BCUT2D eigenvalue weighted by Gasteiger charge is -2.14. The number of carbonyl (C=O) groups excluding carboxylic acids is 1. The fourth-order valence-corrected chi connectivity index (χ4v) is 8.43. The molecular weight excluding hydrogens is 1000 g/mol. The Kier molecular flexibility index (Phi) is 17.8. The van der Waals surface area contributed by atoms with Crippen molar-refractivity contribution in [3.05, 3.63) is 113 Å². The highest BCUT2D eigenvalue weighted by Gasteiger charge is 2.28. The minimum absolute atomic E-state index is 0.0912. The van der Waals surface area contributed by atoms with E-state index < -0.39 is 84.3 Å². The molecule has 70 heavy (non-hydrogen) atoms. The van der Waals surface area contributed by atoms with Gasteiger partial charge in [0.1, 0.15) is 37.4 Å². The first kappa shape index (κ1) is 53.9. The van der Waals surface area contributed by atoms with Crippen LogP contribution in [-0.2, 0) is 50.3 Å². The molecule has 0 bridgehead atoms. The number of amides is 1. The second kappa shape index (κ2) is 23.1. The quantitative estimate of drug-likeness (QED) is 0.00781. The number of carbonyl (C=O) groups is 1. The number of benzene rings is 6. The van der Waals surface area contributed by atoms with Crippen LogP contribution in [0.3, 0.4) is 0 Å². The summed E-state index contributed by atoms with van der Waals surface area (Å²) in [5, 5.41) is 46.5. The van der Waals surface area contributed by atoms with Crippen LogP contribution in [0.5, 0.6) is 5.75 Å². The number of rotatable bonds is 17. The number of azo groups is 3. The Bertz CT molecular complexity index is 3360. The summed E-state index contributed by atoms with van der Waals surface area (Å²) in [5.74, 6) is -1.22. The fraction of sp³-hybridized carbons (Fsp3) is 0.146. The number of phenolic OH excluding ortho intramolecular Hbond substituents is 1. The third kappa shape index (κ3) is 14.0. The van der Waals surface area contributed by atoms with Gasteiger partial charge in [0.25, 0.3) is 36.3 Å². The zero-order chi connectivity index (χ0) is 51.6. The Labute approximate surface area is 403 Å². The molecule has 29 heteroatoms. The van der Waals surface area contributed by atoms with E-state index in [-0.39, 0.29) is 18.9 Å². The van der Waals surface area contributed by atoms with Gasteiger partial charge < -0.3 is 27.6 Å². The van der Waals surface area contributed by atoms with Crippen LogP contribution in [0.15, 0.2) is 136 Å². The minimum atomic E-state index is -5.18. The van der Waals surface area contributed by atoms with Crippen molar-refractivity contribution in [1.82, 2.24) is 0 Å². The van der Waals surface area contributed by atoms with Gasteiger partial charge in [-0.1, -0.05) is 28.8 Å². The molecule has 6 rings (SSSR count). The summed E-state index contributed by atoms with van der Waals surface area (Å²) in [6.45, 7) is 3.96. The molecule has 0 atom stereocenters. The normalized spacial score (nSPS) is 12.2. The third-order valence-electron chi connectivity index (χ3n) is 9.57. The molecule has 0 unspecified atom stereocenters. The Morgan fingerprint density at radius 2 is 1.33 bits per heavy atom. The van der Waals surface area contributed by atoms with Crippen molar-refractivity contribution in [2.45, 2.75) is 41.4 Å². The van der Waals surface area contributed by atoms with Crippen molar-refractivity contribution in [2.75, 3.05) is 36.2 Å². The van der Waals surface area contributed by atoms with Crippen molar-refractivity contribution in [1.29, 1.82) is 0 Å². The maximum absolute atomic E-state index is 12.2. The third-order valence-corrected chi connectivity index (χ3v) is 12.6. The number of fused-ring (bicyclic) bond motifs is 1. The first-order valence-corrected chi connectivity index (χ1v) is 24.6. The van der Waals surface area contributed by atoms with Crippen LogP contribution < -0.4 is 22.5 Å². The van der Waals surface area contributed by atoms with Gasteiger partial charge in [-0.15, -0.1) is 19.7 Å². The van der Waals surface area contributed by atoms with Gasteiger partial charge in [0.05, 0.1) is 29.1 Å². The van der Waals surface area contributed by atoms with Crippen molar-refractivity contribution >= 4 is 111 Å². The number of nitrogen functional groups attached to an aromatic ring is 3. The van der Waals surface area contributed by atoms with Crippen LogP contribution in [0.1, 0.15) is 33.5 Å². The number of nitrogens with zero attached hydrogens (tertiary/aromatic N) is 6. The molecule has 0 aliphatic heterocycles. The SMILES string of the molecule is CN=Nc1c(S(=O)(=O)O)cc2c(S(=O)(=O)O)cc(N=Nc3ccc(CCCOSOOO)cc3S(=O)(=O)O)c(N)c2c1O.Cc1ccc(C(=O)Nc2ccc(N=Nc3cc(C)c(N)cc3N)cc2)cc1. The molecule has 0 aliphatic carbocycles. The van der Waals surface area contributed by atoms with E-state index in [1.165, 1.54) is 6.07 Å². The molecule has 25 nitrogen and oxygen atoms in total. The molecule has 0 fully saturated rings. The van der Waals surface area contributed by atoms with Gasteiger partial charge in [-0.2, -0.15) is 40.6 Å². The van der Waals surface area contributed by atoms with Crippen LogP contribution >= 0.6 is 12.3 Å². The topological polar surface area (TPSA) is 413 Å². The molecule has 370 valence electrons. The second-order valence-electron chi connectivity index (χ2n) is 14.5. The summed E-state index contributed by atoms with van der Waals surface area (Å²) in [4.78, 5) is 9.47. The molecule has 0 heterocycles. The van der Waals surface area contributed by atoms with Gasteiger partial charge in [-0.3, -0.25) is 22.6 Å². The summed E-state index contributed by atoms with van der Waals surface area (Å²) < 4.78 is 110. The number of hydrogen-bond donors (Lipinski definition) is 9. The van der Waals surface area contributed by atoms with E-state index in [4.69, 9.17) is 26.6 Å². The molecule has 0 saturated heterocycles. The van der Waals surface area contributed by atoms with Crippen LogP contribution in [0.4, 0.5) is 51.2 Å². The lowest BCUT2D eigenvalue weighted by atomic mass is 10.0. The summed E-state index contributed by atoms with van der Waals surface area (Å²) in [6.07, 6.45) is 0.583. The van der Waals surface area contributed by atoms with Crippen molar-refractivity contribution < 1.29 is 67.6 Å². The second-order valence-corrected chi connectivity index (χ2v) is 19.2. The summed E-state index contributed by atoms with van der Waals surface area (Å²) in [7, 11) is -14.1. The first-order valence-electron chi connectivity index (χ1n) is 19.6. The molecule has 6 aromatic carbocycles. The maximum Gasteiger partial charge on any atom is 0.296 e. The van der Waals surface area contributed by atoms with Crippen LogP contribution in [0.25, 0.3) is 10.8 Å². The highest BCUT2D eigenvalue weighted by molar-refractivity contribution is 7.89. The molecule has 0 spiro atoms. The van der Waals surface area contributed by atoms with Crippen LogP contribution in [0, 0.1) is 13.8 Å². The number of aromatic hydroxyl groups is 1. The molecule has 0 aromatic heterocycles. The number of nitrogens with two attached hydrogens (primary N) is 3. The molecule has 0 aliphatic rings. The first-order chi connectivity index (χ1) is 32.9. The zero-order valence-electron chi connectivity index (χ0n) is 36.6. The van der Waals surface area contributed by atoms with Gasteiger partial charge in [0, 0.05) is 29.4 Å². The molecule has 1 amide bonds. The Balaban J connectivity index is 0.000000289. The average molecular weight is 1040 g/mol. The average Bonchev–Trinajstić information content (AvgIpc) is 3.29. The monoisotopic (exact) mass is 1040 g/mol. The highest BCUT2D eigenvalue weighted by Crippen LogP contribution is 2.48. The van der Waals surface area contributed by atoms with E-state index in [1.54, 1.807) is 48.5 Å². The van der Waals surface area contributed by atoms with Gasteiger partial charge in [-0.05, 0) is 111 Å². The molecular formula is C41H42N10O15S4. The van der Waals surface area contributed by atoms with Crippen LogP contribution in [-0.4, -0.2) is 68.8 Å². The van der Waals surface area contributed by atoms with E-state index >= 15 is 0 Å². The summed E-state index contributed by atoms with van der Waals surface area (Å²) >= 11 is 0.350. The minimum Gasteiger partial charge on any atom is -0.505 e. The summed E-state index contributed by atoms with van der Waals surface area (Å²) in [5.41, 5.74) is 21.5. The van der Waals surface area contributed by atoms with E-state index in [1.807, 2.05) is 26.0 Å². The lowest BCUT2D eigenvalue weighted by molar-refractivity contribution is -0.434. The summed E-state index contributed by atoms with van der Waals surface area (Å²) in [6, 6.07) is 22.9. The Morgan fingerprint density at radius 3 is 1.94 bits per heavy atom. The predicted molar refractivity (Wildman–Crippen MR) is 257 cm³/mol. The Hall–Kier alpha value is -7.03. The standard InChI is InChI=1S/C21H21N5O.C20H21N5O14S4/c1-13-3-5-15(6-4-13)21(27)24-16-7-9-17(10-8-16)25-26-20-11-14(2)18(22)12-19(20)23;1-22-25-19-16(43(34,35)36)8-11-14(41(28,29)30)9-13(18(21)17(11)20(19)26)24-23-12-5-4-10(7-15(12)42(31,32)33)3-2-6-37-40-39-38-27/h3-12H,22-23H2,1-2H3,(H,24,27);4-5,7-9,26-27H,2-3,6,21H2,1H3,(H,28,29,30)(H,31,32,33)(H,34,35,36). The van der Waals surface area contributed by atoms with Gasteiger partial charge >= 0.3 is 0 Å². The largest absolute Gasteiger partial charge is 0.505 e. The van der Waals surface area contributed by atoms with Crippen molar-refractivity contribution in [3.63, 3.8) is 0 Å². The van der Waals surface area contributed by atoms with E-state index in [0.29, 0.717) is 70.4 Å². The van der Waals surface area contributed by atoms with Crippen molar-refractivity contribution in [3.8, 4) is 5.75 Å².